The molecule has 3 aromatic rings. The first-order valence-electron chi connectivity index (χ1n) is 6.29. The molecule has 6 heteroatoms. The predicted molar refractivity (Wildman–Crippen MR) is 81.6 cm³/mol. The van der Waals surface area contributed by atoms with E-state index < -0.39 is 0 Å². The van der Waals surface area contributed by atoms with E-state index in [1.54, 1.807) is 18.1 Å². The fourth-order valence-corrected chi connectivity index (χ4v) is 2.91. The Morgan fingerprint density at radius 3 is 2.85 bits per heavy atom. The van der Waals surface area contributed by atoms with E-state index in [1.165, 1.54) is 16.7 Å². The van der Waals surface area contributed by atoms with Crippen LogP contribution in [0.1, 0.15) is 16.7 Å². The molecule has 0 radical (unpaired) electrons. The van der Waals surface area contributed by atoms with Crippen molar-refractivity contribution in [3.63, 3.8) is 0 Å². The highest BCUT2D eigenvalue weighted by Crippen LogP contribution is 2.27. The van der Waals surface area contributed by atoms with Crippen LogP contribution in [-0.4, -0.2) is 19.9 Å². The molecule has 5 nitrogen and oxygen atoms in total. The lowest BCUT2D eigenvalue weighted by Crippen LogP contribution is -1.97. The van der Waals surface area contributed by atoms with Crippen LogP contribution in [0.15, 0.2) is 29.6 Å². The molecule has 0 fully saturated rings. The number of hydrogen-bond donors (Lipinski definition) is 2. The van der Waals surface area contributed by atoms with Crippen LogP contribution in [0.2, 0.25) is 0 Å². The molecule has 0 atom stereocenters. The molecule has 0 spiro atoms. The number of H-pyrrole nitrogens is 1. The van der Waals surface area contributed by atoms with Crippen LogP contribution < -0.4 is 5.73 Å². The number of thioether (sulfide) groups is 1. The van der Waals surface area contributed by atoms with Gasteiger partial charge in [0.1, 0.15) is 10.5 Å². The Morgan fingerprint density at radius 2 is 2.05 bits per heavy atom. The molecule has 20 heavy (non-hydrogen) atoms. The number of anilines is 1. The lowest BCUT2D eigenvalue weighted by Gasteiger charge is -2.06. The summed E-state index contributed by atoms with van der Waals surface area (Å²) in [6.45, 7) is 4.24. The quantitative estimate of drug-likeness (QED) is 0.571. The van der Waals surface area contributed by atoms with Crippen molar-refractivity contribution in [3.8, 4) is 0 Å². The number of nitrogen functional groups attached to an aromatic ring is 1. The summed E-state index contributed by atoms with van der Waals surface area (Å²) in [5, 5.41) is 0.836. The van der Waals surface area contributed by atoms with Gasteiger partial charge in [0.15, 0.2) is 5.65 Å². The molecule has 0 unspecified atom stereocenters. The zero-order valence-corrected chi connectivity index (χ0v) is 12.2. The molecule has 3 N–H and O–H groups in total. The van der Waals surface area contributed by atoms with Gasteiger partial charge in [0.2, 0.25) is 5.95 Å². The molecule has 0 saturated carbocycles. The van der Waals surface area contributed by atoms with Gasteiger partial charge in [-0.3, -0.25) is 0 Å². The Balaban J connectivity index is 1.86. The van der Waals surface area contributed by atoms with E-state index >= 15 is 0 Å². The van der Waals surface area contributed by atoms with Gasteiger partial charge in [0, 0.05) is 5.75 Å². The van der Waals surface area contributed by atoms with Gasteiger partial charge < -0.3 is 10.7 Å². The van der Waals surface area contributed by atoms with E-state index in [2.05, 4.69) is 52.0 Å². The van der Waals surface area contributed by atoms with E-state index in [4.69, 9.17) is 5.73 Å². The van der Waals surface area contributed by atoms with Crippen LogP contribution >= 0.6 is 11.8 Å². The highest BCUT2D eigenvalue weighted by atomic mass is 32.2. The van der Waals surface area contributed by atoms with Crippen molar-refractivity contribution in [1.82, 2.24) is 19.9 Å². The van der Waals surface area contributed by atoms with E-state index in [-0.39, 0.29) is 5.95 Å². The molecule has 0 aliphatic heterocycles. The monoisotopic (exact) mass is 285 g/mol. The Bertz CT molecular complexity index is 765. The van der Waals surface area contributed by atoms with Crippen LogP contribution in [0.3, 0.4) is 0 Å². The molecule has 3 rings (SSSR count). The topological polar surface area (TPSA) is 80.5 Å². The number of fused-ring (bicyclic) bond motifs is 1. The average molecular weight is 285 g/mol. The largest absolute Gasteiger partial charge is 0.368 e. The Morgan fingerprint density at radius 1 is 1.20 bits per heavy atom. The molecule has 0 aliphatic carbocycles. The Kier molecular flexibility index (Phi) is 3.31. The second-order valence-corrected chi connectivity index (χ2v) is 5.66. The maximum atomic E-state index is 5.71. The summed E-state index contributed by atoms with van der Waals surface area (Å²) in [5.41, 5.74) is 11.0. The molecule has 2 aromatic heterocycles. The van der Waals surface area contributed by atoms with Gasteiger partial charge in [-0.15, -0.1) is 0 Å². The summed E-state index contributed by atoms with van der Waals surface area (Å²) in [4.78, 5) is 15.6. The van der Waals surface area contributed by atoms with Crippen molar-refractivity contribution in [3.05, 3.63) is 41.2 Å². The predicted octanol–water partition coefficient (Wildman–Crippen LogP) is 2.84. The Labute approximate surface area is 121 Å². The summed E-state index contributed by atoms with van der Waals surface area (Å²) in [6.07, 6.45) is 1.61. The number of rotatable bonds is 3. The number of benzene rings is 1. The second kappa shape index (κ2) is 5.13. The third-order valence-electron chi connectivity index (χ3n) is 3.22. The lowest BCUT2D eigenvalue weighted by molar-refractivity contribution is 1.10. The van der Waals surface area contributed by atoms with Gasteiger partial charge in [0.05, 0.1) is 6.33 Å². The maximum Gasteiger partial charge on any atom is 0.223 e. The third kappa shape index (κ3) is 2.46. The van der Waals surface area contributed by atoms with Crippen LogP contribution in [0, 0.1) is 13.8 Å². The van der Waals surface area contributed by atoms with Crippen LogP contribution in [0.25, 0.3) is 11.2 Å². The molecule has 0 amide bonds. The molecule has 0 saturated heterocycles. The zero-order chi connectivity index (χ0) is 14.1. The molecular weight excluding hydrogens is 270 g/mol. The number of aromatic amines is 1. The number of aryl methyl sites for hydroxylation is 2. The van der Waals surface area contributed by atoms with E-state index in [1.807, 2.05) is 0 Å². The van der Waals surface area contributed by atoms with Gasteiger partial charge in [0.25, 0.3) is 0 Å². The fourth-order valence-electron chi connectivity index (χ4n) is 1.97. The molecule has 2 heterocycles. The number of nitrogens with two attached hydrogens (primary N) is 1. The first-order chi connectivity index (χ1) is 9.63. The first-order valence-corrected chi connectivity index (χ1v) is 7.27. The molecule has 102 valence electrons. The lowest BCUT2D eigenvalue weighted by atomic mass is 10.1. The zero-order valence-electron chi connectivity index (χ0n) is 11.3. The molecule has 0 bridgehead atoms. The minimum absolute atomic E-state index is 0.257. The molecule has 0 aliphatic rings. The van der Waals surface area contributed by atoms with Crippen molar-refractivity contribution in [2.75, 3.05) is 5.73 Å². The number of aromatic nitrogens is 4. The standard InChI is InChI=1S/C14H15N5S/c1-8-3-4-10(5-9(8)2)6-20-13-11-12(17-7-16-11)18-14(15)19-13/h3-5,7H,6H2,1-2H3,(H3,15,16,17,18,19). The van der Waals surface area contributed by atoms with Gasteiger partial charge in [-0.2, -0.15) is 4.98 Å². The van der Waals surface area contributed by atoms with Gasteiger partial charge in [-0.1, -0.05) is 30.0 Å². The average Bonchev–Trinajstić information content (AvgIpc) is 2.88. The number of hydrogen-bond acceptors (Lipinski definition) is 5. The highest BCUT2D eigenvalue weighted by molar-refractivity contribution is 7.98. The van der Waals surface area contributed by atoms with E-state index in [9.17, 15) is 0 Å². The van der Waals surface area contributed by atoms with E-state index in [0.29, 0.717) is 5.65 Å². The van der Waals surface area contributed by atoms with Crippen molar-refractivity contribution >= 4 is 28.9 Å². The first kappa shape index (κ1) is 12.9. The number of imidazole rings is 1. The molecular formula is C14H15N5S. The van der Waals surface area contributed by atoms with E-state index in [0.717, 1.165) is 16.3 Å². The smallest absolute Gasteiger partial charge is 0.223 e. The normalized spacial score (nSPS) is 11.1. The third-order valence-corrected chi connectivity index (χ3v) is 4.26. The fraction of sp³-hybridized carbons (Fsp3) is 0.214. The summed E-state index contributed by atoms with van der Waals surface area (Å²) in [5.74, 6) is 1.10. The van der Waals surface area contributed by atoms with Crippen LogP contribution in [0.4, 0.5) is 5.95 Å². The summed E-state index contributed by atoms with van der Waals surface area (Å²) in [6, 6.07) is 6.49. The van der Waals surface area contributed by atoms with Gasteiger partial charge in [-0.25, -0.2) is 9.97 Å². The van der Waals surface area contributed by atoms with Crippen molar-refractivity contribution in [2.45, 2.75) is 24.6 Å². The maximum absolute atomic E-state index is 5.71. The van der Waals surface area contributed by atoms with Gasteiger partial charge in [-0.05, 0) is 30.5 Å². The van der Waals surface area contributed by atoms with Crippen LogP contribution in [-0.2, 0) is 5.75 Å². The van der Waals surface area contributed by atoms with Crippen molar-refractivity contribution in [2.24, 2.45) is 0 Å². The minimum Gasteiger partial charge on any atom is -0.368 e. The summed E-state index contributed by atoms with van der Waals surface area (Å²) in [7, 11) is 0. The second-order valence-electron chi connectivity index (χ2n) is 4.70. The summed E-state index contributed by atoms with van der Waals surface area (Å²) >= 11 is 1.63. The SMILES string of the molecule is Cc1ccc(CSc2nc(N)nc3nc[nH]c23)cc1C. The number of nitrogens with one attached hydrogen (secondary N) is 1. The van der Waals surface area contributed by atoms with Crippen molar-refractivity contribution in [1.29, 1.82) is 0 Å². The number of nitrogens with zero attached hydrogens (tertiary/aromatic N) is 3. The Hall–Kier alpha value is -2.08. The minimum atomic E-state index is 0.257. The summed E-state index contributed by atoms with van der Waals surface area (Å²) < 4.78 is 0. The van der Waals surface area contributed by atoms with Crippen molar-refractivity contribution < 1.29 is 0 Å². The van der Waals surface area contributed by atoms with Crippen LogP contribution in [0.5, 0.6) is 0 Å². The van der Waals surface area contributed by atoms with Gasteiger partial charge >= 0.3 is 0 Å². The molecule has 1 aromatic carbocycles. The highest BCUT2D eigenvalue weighted by Gasteiger charge is 2.09.